The number of aryl methyl sites for hydroxylation is 1. The fraction of sp³-hybridized carbons (Fsp3) is 0.400. The number of piperidine rings is 1. The van der Waals surface area contributed by atoms with Crippen molar-refractivity contribution in [2.45, 2.75) is 19.8 Å². The van der Waals surface area contributed by atoms with E-state index >= 15 is 0 Å². The topological polar surface area (TPSA) is 95.7 Å². The van der Waals surface area contributed by atoms with Gasteiger partial charge >= 0.3 is 5.97 Å². The normalized spacial score (nSPS) is 16.6. The van der Waals surface area contributed by atoms with E-state index < -0.39 is 11.9 Å². The van der Waals surface area contributed by atoms with Crippen LogP contribution in [0, 0.1) is 12.8 Å². The lowest BCUT2D eigenvalue weighted by molar-refractivity contribution is -0.145. The number of likely N-dealkylation sites (N-methyl/N-ethyl adjacent to an activating group) is 1. The van der Waals surface area contributed by atoms with Crippen molar-refractivity contribution in [3.63, 3.8) is 0 Å². The smallest absolute Gasteiger partial charge is 0.308 e. The summed E-state index contributed by atoms with van der Waals surface area (Å²) in [6, 6.07) is 7.02. The van der Waals surface area contributed by atoms with E-state index in [1.165, 1.54) is 9.80 Å². The first-order valence-corrected chi connectivity index (χ1v) is 9.23. The van der Waals surface area contributed by atoms with Gasteiger partial charge in [-0.2, -0.15) is 5.10 Å². The van der Waals surface area contributed by atoms with Crippen molar-refractivity contribution in [3.05, 3.63) is 47.8 Å². The maximum atomic E-state index is 12.6. The number of carboxylic acids is 1. The number of carboxylic acid groups (broad SMARTS) is 1. The molecule has 8 nitrogen and oxygen atoms in total. The molecule has 148 valence electrons. The van der Waals surface area contributed by atoms with E-state index in [-0.39, 0.29) is 24.9 Å². The molecule has 28 heavy (non-hydrogen) atoms. The van der Waals surface area contributed by atoms with Crippen molar-refractivity contribution >= 4 is 17.8 Å². The minimum Gasteiger partial charge on any atom is -0.481 e. The number of hydrogen-bond acceptors (Lipinski definition) is 4. The van der Waals surface area contributed by atoms with Gasteiger partial charge in [-0.3, -0.25) is 14.4 Å². The highest BCUT2D eigenvalue weighted by Gasteiger charge is 2.29. The van der Waals surface area contributed by atoms with Gasteiger partial charge in [0, 0.05) is 31.9 Å². The van der Waals surface area contributed by atoms with E-state index in [9.17, 15) is 14.4 Å². The van der Waals surface area contributed by atoms with Crippen LogP contribution in [0.1, 0.15) is 28.8 Å². The van der Waals surface area contributed by atoms with Crippen LogP contribution in [0.25, 0.3) is 5.69 Å². The summed E-state index contributed by atoms with van der Waals surface area (Å²) in [7, 11) is 1.57. The fourth-order valence-electron chi connectivity index (χ4n) is 3.31. The lowest BCUT2D eigenvalue weighted by atomic mass is 9.98. The van der Waals surface area contributed by atoms with Crippen LogP contribution in [0.5, 0.6) is 0 Å². The fourth-order valence-corrected chi connectivity index (χ4v) is 3.31. The summed E-state index contributed by atoms with van der Waals surface area (Å²) in [6.45, 7) is 2.61. The average molecular weight is 384 g/mol. The third-order valence-electron chi connectivity index (χ3n) is 4.93. The summed E-state index contributed by atoms with van der Waals surface area (Å²) in [5.74, 6) is -1.90. The van der Waals surface area contributed by atoms with Gasteiger partial charge in [0.1, 0.15) is 0 Å². The Balaban J connectivity index is 1.61. The van der Waals surface area contributed by atoms with Gasteiger partial charge in [-0.1, -0.05) is 0 Å². The molecule has 3 rings (SSSR count). The van der Waals surface area contributed by atoms with Gasteiger partial charge in [0.2, 0.25) is 5.91 Å². The second-order valence-electron chi connectivity index (χ2n) is 7.19. The molecule has 0 bridgehead atoms. The van der Waals surface area contributed by atoms with Gasteiger partial charge in [0.15, 0.2) is 0 Å². The minimum atomic E-state index is -0.880. The Bertz CT molecular complexity index is 875. The van der Waals surface area contributed by atoms with Crippen LogP contribution in [-0.2, 0) is 9.59 Å². The lowest BCUT2D eigenvalue weighted by Crippen LogP contribution is -2.46. The third kappa shape index (κ3) is 4.39. The number of carbonyl (C=O) groups excluding carboxylic acids is 2. The van der Waals surface area contributed by atoms with Crippen molar-refractivity contribution < 1.29 is 19.5 Å². The molecule has 1 aromatic carbocycles. The van der Waals surface area contributed by atoms with Crippen LogP contribution in [0.3, 0.4) is 0 Å². The van der Waals surface area contributed by atoms with Gasteiger partial charge < -0.3 is 14.9 Å². The second-order valence-corrected chi connectivity index (χ2v) is 7.19. The van der Waals surface area contributed by atoms with Gasteiger partial charge in [0.05, 0.1) is 24.3 Å². The Kier molecular flexibility index (Phi) is 5.77. The summed E-state index contributed by atoms with van der Waals surface area (Å²) in [5.41, 5.74) is 2.36. The van der Waals surface area contributed by atoms with Crippen LogP contribution in [0.2, 0.25) is 0 Å². The predicted molar refractivity (Wildman–Crippen MR) is 102 cm³/mol. The highest BCUT2D eigenvalue weighted by molar-refractivity contribution is 5.96. The SMILES string of the molecule is Cc1cnn(-c2ccc(C(=O)N(C)CC(=O)N3CCCC(C(=O)O)C3)cc2)c1. The van der Waals surface area contributed by atoms with E-state index in [0.717, 1.165) is 11.3 Å². The molecule has 2 amide bonds. The molecule has 2 heterocycles. The maximum absolute atomic E-state index is 12.6. The number of hydrogen-bond donors (Lipinski definition) is 1. The van der Waals surface area contributed by atoms with Crippen LogP contribution in [-0.4, -0.2) is 69.2 Å². The Morgan fingerprint density at radius 2 is 1.96 bits per heavy atom. The number of carbonyl (C=O) groups is 3. The van der Waals surface area contributed by atoms with Crippen molar-refractivity contribution in [3.8, 4) is 5.69 Å². The molecule has 1 aliphatic heterocycles. The molecule has 0 aliphatic carbocycles. The lowest BCUT2D eigenvalue weighted by Gasteiger charge is -2.32. The minimum absolute atomic E-state index is 0.0781. The zero-order valence-corrected chi connectivity index (χ0v) is 16.0. The number of benzene rings is 1. The molecule has 2 aromatic rings. The van der Waals surface area contributed by atoms with Crippen LogP contribution >= 0.6 is 0 Å². The molecular formula is C20H24N4O4. The van der Waals surface area contributed by atoms with E-state index in [4.69, 9.17) is 5.11 Å². The molecular weight excluding hydrogens is 360 g/mol. The highest BCUT2D eigenvalue weighted by Crippen LogP contribution is 2.17. The summed E-state index contributed by atoms with van der Waals surface area (Å²) in [6.07, 6.45) is 4.89. The summed E-state index contributed by atoms with van der Waals surface area (Å²) < 4.78 is 1.73. The first-order valence-electron chi connectivity index (χ1n) is 9.23. The largest absolute Gasteiger partial charge is 0.481 e. The van der Waals surface area contributed by atoms with Gasteiger partial charge in [0.25, 0.3) is 5.91 Å². The first-order chi connectivity index (χ1) is 13.3. The van der Waals surface area contributed by atoms with E-state index in [0.29, 0.717) is 24.9 Å². The number of nitrogens with zero attached hydrogens (tertiary/aromatic N) is 4. The molecule has 1 saturated heterocycles. The number of likely N-dealkylation sites (tertiary alicyclic amines) is 1. The number of aromatic nitrogens is 2. The highest BCUT2D eigenvalue weighted by atomic mass is 16.4. The van der Waals surface area contributed by atoms with Crippen LogP contribution in [0.15, 0.2) is 36.7 Å². The van der Waals surface area contributed by atoms with Crippen molar-refractivity contribution in [2.24, 2.45) is 5.92 Å². The van der Waals surface area contributed by atoms with Crippen molar-refractivity contribution in [1.29, 1.82) is 0 Å². The van der Waals surface area contributed by atoms with Gasteiger partial charge in [-0.05, 0) is 49.6 Å². The third-order valence-corrected chi connectivity index (χ3v) is 4.93. The molecule has 0 radical (unpaired) electrons. The molecule has 1 N–H and O–H groups in total. The zero-order valence-electron chi connectivity index (χ0n) is 16.0. The standard InChI is InChI=1S/C20H24N4O4/c1-14-10-21-24(11-14)17-7-5-15(6-8-17)19(26)22(2)13-18(25)23-9-3-4-16(12-23)20(27)28/h5-8,10-11,16H,3-4,9,12-13H2,1-2H3,(H,27,28). The van der Waals surface area contributed by atoms with E-state index in [1.54, 1.807) is 42.2 Å². The average Bonchev–Trinajstić information content (AvgIpc) is 3.13. The molecule has 1 atom stereocenters. The molecule has 0 saturated carbocycles. The summed E-state index contributed by atoms with van der Waals surface area (Å²) in [5, 5.41) is 13.4. The number of amides is 2. The quantitative estimate of drug-likeness (QED) is 0.844. The van der Waals surface area contributed by atoms with Crippen LogP contribution < -0.4 is 0 Å². The van der Waals surface area contributed by atoms with Crippen molar-refractivity contribution in [2.75, 3.05) is 26.7 Å². The zero-order chi connectivity index (χ0) is 20.3. The number of aliphatic carboxylic acids is 1. The Labute approximate surface area is 163 Å². The Morgan fingerprint density at radius 3 is 2.57 bits per heavy atom. The van der Waals surface area contributed by atoms with Gasteiger partial charge in [-0.15, -0.1) is 0 Å². The second kappa shape index (κ2) is 8.24. The summed E-state index contributed by atoms with van der Waals surface area (Å²) in [4.78, 5) is 39.2. The molecule has 1 fully saturated rings. The van der Waals surface area contributed by atoms with E-state index in [1.807, 2.05) is 13.1 Å². The molecule has 0 spiro atoms. The maximum Gasteiger partial charge on any atom is 0.308 e. The van der Waals surface area contributed by atoms with Crippen LogP contribution in [0.4, 0.5) is 0 Å². The molecule has 1 unspecified atom stereocenters. The summed E-state index contributed by atoms with van der Waals surface area (Å²) >= 11 is 0. The monoisotopic (exact) mass is 384 g/mol. The first kappa shape index (κ1) is 19.6. The Morgan fingerprint density at radius 1 is 1.25 bits per heavy atom. The molecule has 1 aliphatic rings. The number of rotatable bonds is 5. The Hall–Kier alpha value is -3.16. The van der Waals surface area contributed by atoms with Crippen molar-refractivity contribution in [1.82, 2.24) is 19.6 Å². The molecule has 1 aromatic heterocycles. The van der Waals surface area contributed by atoms with Gasteiger partial charge in [-0.25, -0.2) is 4.68 Å². The van der Waals surface area contributed by atoms with E-state index in [2.05, 4.69) is 5.10 Å². The predicted octanol–water partition coefficient (Wildman–Crippen LogP) is 1.58. The molecule has 8 heteroatoms.